The van der Waals surface area contributed by atoms with Crippen molar-refractivity contribution in [2.75, 3.05) is 13.1 Å². The van der Waals surface area contributed by atoms with Gasteiger partial charge in [-0.2, -0.15) is 0 Å². The van der Waals surface area contributed by atoms with Gasteiger partial charge < -0.3 is 10.2 Å². The summed E-state index contributed by atoms with van der Waals surface area (Å²) in [7, 11) is 0. The number of likely N-dealkylation sites (tertiary alicyclic amines) is 1. The number of nitrogens with one attached hydrogen (secondary N) is 1. The zero-order chi connectivity index (χ0) is 18.7. The topological polar surface area (TPSA) is 76.3 Å². The Bertz CT molecular complexity index is 859. The summed E-state index contributed by atoms with van der Waals surface area (Å²) in [5.41, 5.74) is 1.50. The average Bonchev–Trinajstić information content (AvgIpc) is 2.88. The second kappa shape index (κ2) is 7.76. The highest BCUT2D eigenvalue weighted by molar-refractivity contribution is 5.81. The van der Waals surface area contributed by atoms with E-state index in [1.165, 1.54) is 0 Å². The van der Waals surface area contributed by atoms with Crippen molar-refractivity contribution in [3.05, 3.63) is 34.7 Å². The van der Waals surface area contributed by atoms with E-state index in [1.807, 2.05) is 31.2 Å². The number of hydrogen-bond acceptors (Lipinski definition) is 3. The van der Waals surface area contributed by atoms with Crippen LogP contribution in [0.25, 0.3) is 11.0 Å². The molecule has 3 rings (SSSR count). The number of amides is 2. The number of nitrogens with zero attached hydrogens (tertiary/aromatic N) is 3. The van der Waals surface area contributed by atoms with Crippen molar-refractivity contribution in [2.45, 2.75) is 52.2 Å². The first-order valence-corrected chi connectivity index (χ1v) is 9.24. The lowest BCUT2D eigenvalue weighted by Gasteiger charge is -2.31. The van der Waals surface area contributed by atoms with Crippen LogP contribution >= 0.6 is 0 Å². The number of imidazole rings is 1. The smallest absolute Gasteiger partial charge is 0.329 e. The Hall–Kier alpha value is -2.57. The molecular weight excluding hydrogens is 332 g/mol. The number of aryl methyl sites for hydroxylation is 1. The molecule has 1 aliphatic rings. The van der Waals surface area contributed by atoms with Crippen LogP contribution in [0.3, 0.4) is 0 Å². The maximum Gasteiger partial charge on any atom is 0.329 e. The Kier molecular flexibility index (Phi) is 5.44. The SMILES string of the molecule is CCCn1c(=O)n(CC(=O)NC2CCN(C(C)=O)CC2)c2ccccc21. The summed E-state index contributed by atoms with van der Waals surface area (Å²) in [4.78, 5) is 38.4. The van der Waals surface area contributed by atoms with Crippen molar-refractivity contribution in [1.29, 1.82) is 0 Å². The van der Waals surface area contributed by atoms with Gasteiger partial charge in [0.2, 0.25) is 11.8 Å². The molecular formula is C19H26N4O3. The molecule has 0 radical (unpaired) electrons. The molecule has 7 heteroatoms. The molecule has 140 valence electrons. The predicted molar refractivity (Wildman–Crippen MR) is 99.9 cm³/mol. The number of fused-ring (bicyclic) bond motifs is 1. The van der Waals surface area contributed by atoms with Crippen LogP contribution < -0.4 is 11.0 Å². The van der Waals surface area contributed by atoms with Crippen LogP contribution in [0, 0.1) is 0 Å². The number of piperidine rings is 1. The van der Waals surface area contributed by atoms with Gasteiger partial charge in [0, 0.05) is 32.6 Å². The standard InChI is InChI=1S/C19H26N4O3/c1-3-10-22-16-6-4-5-7-17(16)23(19(22)26)13-18(25)20-15-8-11-21(12-9-15)14(2)24/h4-7,15H,3,8-13H2,1-2H3,(H,20,25). The van der Waals surface area contributed by atoms with E-state index in [0.29, 0.717) is 19.6 Å². The van der Waals surface area contributed by atoms with Crippen LogP contribution in [-0.4, -0.2) is 45.0 Å². The molecule has 2 aromatic rings. The Morgan fingerprint density at radius 2 is 1.73 bits per heavy atom. The maximum absolute atomic E-state index is 12.7. The number of carbonyl (C=O) groups is 2. The van der Waals surface area contributed by atoms with E-state index < -0.39 is 0 Å². The van der Waals surface area contributed by atoms with Crippen molar-refractivity contribution in [1.82, 2.24) is 19.4 Å². The van der Waals surface area contributed by atoms with E-state index in [1.54, 1.807) is 21.0 Å². The van der Waals surface area contributed by atoms with Gasteiger partial charge >= 0.3 is 5.69 Å². The number of carbonyl (C=O) groups excluding carboxylic acids is 2. The van der Waals surface area contributed by atoms with Crippen LogP contribution in [0.5, 0.6) is 0 Å². The summed E-state index contributed by atoms with van der Waals surface area (Å²) >= 11 is 0. The Morgan fingerprint density at radius 1 is 1.12 bits per heavy atom. The van der Waals surface area contributed by atoms with Gasteiger partial charge in [0.25, 0.3) is 0 Å². The van der Waals surface area contributed by atoms with Crippen LogP contribution in [0.4, 0.5) is 0 Å². The van der Waals surface area contributed by atoms with Gasteiger partial charge in [-0.15, -0.1) is 0 Å². The van der Waals surface area contributed by atoms with Gasteiger partial charge in [-0.25, -0.2) is 4.79 Å². The molecule has 1 fully saturated rings. The second-order valence-electron chi connectivity index (χ2n) is 6.86. The summed E-state index contributed by atoms with van der Waals surface area (Å²) in [6.45, 7) is 5.57. The van der Waals surface area contributed by atoms with Gasteiger partial charge in [-0.3, -0.25) is 18.7 Å². The fourth-order valence-corrected chi connectivity index (χ4v) is 3.62. The zero-order valence-electron chi connectivity index (χ0n) is 15.4. The maximum atomic E-state index is 12.7. The van der Waals surface area contributed by atoms with E-state index in [2.05, 4.69) is 5.32 Å². The summed E-state index contributed by atoms with van der Waals surface area (Å²) in [6, 6.07) is 7.63. The molecule has 1 aliphatic heterocycles. The highest BCUT2D eigenvalue weighted by Gasteiger charge is 2.23. The molecule has 1 aromatic heterocycles. The molecule has 2 amide bonds. The van der Waals surface area contributed by atoms with Gasteiger partial charge in [-0.05, 0) is 31.4 Å². The fourth-order valence-electron chi connectivity index (χ4n) is 3.62. The number of aromatic nitrogens is 2. The number of rotatable bonds is 5. The third-order valence-corrected chi connectivity index (χ3v) is 4.98. The van der Waals surface area contributed by atoms with E-state index in [-0.39, 0.29) is 30.1 Å². The Labute approximate surface area is 152 Å². The van der Waals surface area contributed by atoms with Crippen molar-refractivity contribution in [3.63, 3.8) is 0 Å². The fraction of sp³-hybridized carbons (Fsp3) is 0.526. The first-order valence-electron chi connectivity index (χ1n) is 9.24. The highest BCUT2D eigenvalue weighted by atomic mass is 16.2. The van der Waals surface area contributed by atoms with Crippen LogP contribution in [0.15, 0.2) is 29.1 Å². The number of para-hydroxylation sites is 2. The number of benzene rings is 1. The third-order valence-electron chi connectivity index (χ3n) is 4.98. The van der Waals surface area contributed by atoms with Crippen LogP contribution in [0.1, 0.15) is 33.1 Å². The Morgan fingerprint density at radius 3 is 2.31 bits per heavy atom. The molecule has 1 N–H and O–H groups in total. The van der Waals surface area contributed by atoms with E-state index in [9.17, 15) is 14.4 Å². The van der Waals surface area contributed by atoms with Crippen LogP contribution in [0.2, 0.25) is 0 Å². The van der Waals surface area contributed by atoms with E-state index in [0.717, 1.165) is 30.3 Å². The molecule has 1 saturated heterocycles. The third kappa shape index (κ3) is 3.66. The molecule has 26 heavy (non-hydrogen) atoms. The highest BCUT2D eigenvalue weighted by Crippen LogP contribution is 2.14. The summed E-state index contributed by atoms with van der Waals surface area (Å²) in [5.74, 6) is -0.0853. The first kappa shape index (κ1) is 18.2. The lowest BCUT2D eigenvalue weighted by molar-refractivity contribution is -0.130. The van der Waals surface area contributed by atoms with Crippen molar-refractivity contribution in [2.24, 2.45) is 0 Å². The van der Waals surface area contributed by atoms with Gasteiger partial charge in [0.05, 0.1) is 11.0 Å². The van der Waals surface area contributed by atoms with Crippen LogP contribution in [-0.2, 0) is 22.7 Å². The normalized spacial score (nSPS) is 15.4. The minimum Gasteiger partial charge on any atom is -0.352 e. The largest absolute Gasteiger partial charge is 0.352 e. The van der Waals surface area contributed by atoms with Gasteiger partial charge in [0.15, 0.2) is 0 Å². The zero-order valence-corrected chi connectivity index (χ0v) is 15.4. The quantitative estimate of drug-likeness (QED) is 0.876. The van der Waals surface area contributed by atoms with E-state index >= 15 is 0 Å². The predicted octanol–water partition coefficient (Wildman–Crippen LogP) is 1.34. The average molecular weight is 358 g/mol. The summed E-state index contributed by atoms with van der Waals surface area (Å²) in [6.07, 6.45) is 2.35. The van der Waals surface area contributed by atoms with Crippen molar-refractivity contribution >= 4 is 22.8 Å². The number of hydrogen-bond donors (Lipinski definition) is 1. The first-order chi connectivity index (χ1) is 12.5. The molecule has 7 nitrogen and oxygen atoms in total. The van der Waals surface area contributed by atoms with E-state index in [4.69, 9.17) is 0 Å². The molecule has 0 atom stereocenters. The van der Waals surface area contributed by atoms with Crippen molar-refractivity contribution in [3.8, 4) is 0 Å². The lowest BCUT2D eigenvalue weighted by atomic mass is 10.1. The molecule has 0 aliphatic carbocycles. The monoisotopic (exact) mass is 358 g/mol. The van der Waals surface area contributed by atoms with Crippen molar-refractivity contribution < 1.29 is 9.59 Å². The minimum absolute atomic E-state index is 0.0168. The van der Waals surface area contributed by atoms with Gasteiger partial charge in [-0.1, -0.05) is 19.1 Å². The molecule has 0 bridgehead atoms. The molecule has 2 heterocycles. The lowest BCUT2D eigenvalue weighted by Crippen LogP contribution is -2.47. The Balaban J connectivity index is 1.71. The summed E-state index contributed by atoms with van der Waals surface area (Å²) < 4.78 is 3.28. The molecule has 1 aromatic carbocycles. The molecule has 0 unspecified atom stereocenters. The molecule has 0 spiro atoms. The summed E-state index contributed by atoms with van der Waals surface area (Å²) in [5, 5.41) is 3.01. The van der Waals surface area contributed by atoms with Gasteiger partial charge in [0.1, 0.15) is 6.54 Å². The second-order valence-corrected chi connectivity index (χ2v) is 6.86. The minimum atomic E-state index is -0.159. The molecule has 0 saturated carbocycles.